The molecule has 0 aromatic rings. The van der Waals surface area contributed by atoms with Crippen LogP contribution in [-0.4, -0.2) is 46.5 Å². The summed E-state index contributed by atoms with van der Waals surface area (Å²) in [6.45, 7) is 5.28. The molecule has 0 spiro atoms. The third-order valence-corrected chi connectivity index (χ3v) is 3.01. The fraction of sp³-hybridized carbons (Fsp3) is 1.00. The molecule has 1 fully saturated rings. The Hall–Kier alpha value is -0.120. The minimum atomic E-state index is -0.247. The van der Waals surface area contributed by atoms with Gasteiger partial charge >= 0.3 is 0 Å². The van der Waals surface area contributed by atoms with Gasteiger partial charge in [0.05, 0.1) is 6.10 Å². The molecule has 3 nitrogen and oxygen atoms in total. The molecule has 0 bridgehead atoms. The van der Waals surface area contributed by atoms with Gasteiger partial charge in [-0.25, -0.2) is 0 Å². The van der Waals surface area contributed by atoms with Crippen molar-refractivity contribution in [3.8, 4) is 0 Å². The standard InChI is InChI=1S/C10H21NO2/c1-8(5-7-12)11-6-3-4-10(11)9(2)13/h8-10,12-13H,3-7H2,1-2H3. The highest BCUT2D eigenvalue weighted by atomic mass is 16.3. The molecule has 1 aliphatic rings. The average Bonchev–Trinajstić information content (AvgIpc) is 2.52. The lowest BCUT2D eigenvalue weighted by Crippen LogP contribution is -2.43. The smallest absolute Gasteiger partial charge is 0.0667 e. The molecular weight excluding hydrogens is 166 g/mol. The summed E-state index contributed by atoms with van der Waals surface area (Å²) < 4.78 is 0. The third kappa shape index (κ3) is 2.66. The van der Waals surface area contributed by atoms with E-state index in [1.54, 1.807) is 0 Å². The first kappa shape index (κ1) is 11.0. The monoisotopic (exact) mass is 187 g/mol. The lowest BCUT2D eigenvalue weighted by Gasteiger charge is -2.32. The van der Waals surface area contributed by atoms with Gasteiger partial charge in [-0.05, 0) is 39.7 Å². The Morgan fingerprint density at radius 3 is 2.69 bits per heavy atom. The zero-order valence-corrected chi connectivity index (χ0v) is 8.61. The van der Waals surface area contributed by atoms with Crippen LogP contribution in [0.1, 0.15) is 33.1 Å². The van der Waals surface area contributed by atoms with Gasteiger partial charge in [0.2, 0.25) is 0 Å². The lowest BCUT2D eigenvalue weighted by atomic mass is 10.1. The van der Waals surface area contributed by atoms with Crippen molar-refractivity contribution >= 4 is 0 Å². The van der Waals surface area contributed by atoms with Gasteiger partial charge in [0.1, 0.15) is 0 Å². The molecule has 1 rings (SSSR count). The van der Waals surface area contributed by atoms with Crippen LogP contribution in [0.15, 0.2) is 0 Å². The second kappa shape index (κ2) is 4.94. The van der Waals surface area contributed by atoms with Crippen LogP contribution in [0, 0.1) is 0 Å². The number of aliphatic hydroxyl groups is 2. The summed E-state index contributed by atoms with van der Waals surface area (Å²) in [7, 11) is 0. The number of hydrogen-bond acceptors (Lipinski definition) is 3. The highest BCUT2D eigenvalue weighted by Gasteiger charge is 2.30. The van der Waals surface area contributed by atoms with E-state index < -0.39 is 0 Å². The molecule has 78 valence electrons. The Kier molecular flexibility index (Phi) is 4.16. The summed E-state index contributed by atoms with van der Waals surface area (Å²) in [5.74, 6) is 0. The van der Waals surface area contributed by atoms with Gasteiger partial charge in [-0.3, -0.25) is 4.90 Å². The van der Waals surface area contributed by atoms with Gasteiger partial charge in [0, 0.05) is 18.7 Å². The van der Waals surface area contributed by atoms with Crippen molar-refractivity contribution in [3.63, 3.8) is 0 Å². The normalized spacial score (nSPS) is 29.1. The van der Waals surface area contributed by atoms with E-state index in [0.717, 1.165) is 19.4 Å². The first-order valence-electron chi connectivity index (χ1n) is 5.21. The van der Waals surface area contributed by atoms with Crippen LogP contribution in [0.2, 0.25) is 0 Å². The lowest BCUT2D eigenvalue weighted by molar-refractivity contribution is 0.0581. The quantitative estimate of drug-likeness (QED) is 0.677. The number of nitrogens with zero attached hydrogens (tertiary/aromatic N) is 1. The Morgan fingerprint density at radius 2 is 2.15 bits per heavy atom. The van der Waals surface area contributed by atoms with E-state index in [1.165, 1.54) is 6.42 Å². The molecule has 0 radical (unpaired) electrons. The second-order valence-electron chi connectivity index (χ2n) is 4.05. The summed E-state index contributed by atoms with van der Waals surface area (Å²) in [5.41, 5.74) is 0. The van der Waals surface area contributed by atoms with E-state index in [0.29, 0.717) is 12.1 Å². The zero-order chi connectivity index (χ0) is 9.84. The van der Waals surface area contributed by atoms with Gasteiger partial charge in [0.25, 0.3) is 0 Å². The maximum atomic E-state index is 9.54. The Balaban J connectivity index is 2.47. The molecule has 0 aliphatic carbocycles. The molecule has 1 saturated heterocycles. The van der Waals surface area contributed by atoms with Crippen LogP contribution in [0.25, 0.3) is 0 Å². The van der Waals surface area contributed by atoms with Crippen LogP contribution in [-0.2, 0) is 0 Å². The van der Waals surface area contributed by atoms with Crippen molar-refractivity contribution in [3.05, 3.63) is 0 Å². The Bertz CT molecular complexity index is 150. The van der Waals surface area contributed by atoms with E-state index >= 15 is 0 Å². The predicted molar refractivity (Wildman–Crippen MR) is 52.6 cm³/mol. The van der Waals surface area contributed by atoms with E-state index in [9.17, 15) is 5.11 Å². The fourth-order valence-corrected chi connectivity index (χ4v) is 2.23. The van der Waals surface area contributed by atoms with Gasteiger partial charge < -0.3 is 10.2 Å². The fourth-order valence-electron chi connectivity index (χ4n) is 2.23. The van der Waals surface area contributed by atoms with E-state index in [-0.39, 0.29) is 12.7 Å². The second-order valence-corrected chi connectivity index (χ2v) is 4.05. The first-order chi connectivity index (χ1) is 6.16. The number of aliphatic hydroxyl groups excluding tert-OH is 2. The van der Waals surface area contributed by atoms with Crippen molar-refractivity contribution < 1.29 is 10.2 Å². The Labute approximate surface area is 80.4 Å². The number of rotatable bonds is 4. The molecule has 3 unspecified atom stereocenters. The van der Waals surface area contributed by atoms with Crippen molar-refractivity contribution in [1.29, 1.82) is 0 Å². The molecule has 0 saturated carbocycles. The van der Waals surface area contributed by atoms with E-state index in [2.05, 4.69) is 11.8 Å². The van der Waals surface area contributed by atoms with Crippen LogP contribution in [0.5, 0.6) is 0 Å². The van der Waals surface area contributed by atoms with Crippen LogP contribution >= 0.6 is 0 Å². The summed E-state index contributed by atoms with van der Waals surface area (Å²) in [6, 6.07) is 0.702. The van der Waals surface area contributed by atoms with Gasteiger partial charge in [-0.1, -0.05) is 0 Å². The first-order valence-corrected chi connectivity index (χ1v) is 5.21. The summed E-state index contributed by atoms with van der Waals surface area (Å²) in [5, 5.41) is 18.4. The summed E-state index contributed by atoms with van der Waals surface area (Å²) >= 11 is 0. The maximum Gasteiger partial charge on any atom is 0.0667 e. The molecule has 1 aliphatic heterocycles. The van der Waals surface area contributed by atoms with Gasteiger partial charge in [0.15, 0.2) is 0 Å². The largest absolute Gasteiger partial charge is 0.396 e. The number of hydrogen-bond donors (Lipinski definition) is 2. The highest BCUT2D eigenvalue weighted by Crippen LogP contribution is 2.23. The molecule has 2 N–H and O–H groups in total. The highest BCUT2D eigenvalue weighted by molar-refractivity contribution is 4.85. The van der Waals surface area contributed by atoms with Crippen molar-refractivity contribution in [2.45, 2.75) is 51.3 Å². The number of likely N-dealkylation sites (tertiary alicyclic amines) is 1. The Morgan fingerprint density at radius 1 is 1.46 bits per heavy atom. The zero-order valence-electron chi connectivity index (χ0n) is 8.61. The molecule has 0 amide bonds. The third-order valence-electron chi connectivity index (χ3n) is 3.01. The van der Waals surface area contributed by atoms with Crippen molar-refractivity contribution in [2.75, 3.05) is 13.2 Å². The van der Waals surface area contributed by atoms with Gasteiger partial charge in [-0.15, -0.1) is 0 Å². The molecule has 0 aromatic heterocycles. The van der Waals surface area contributed by atoms with E-state index in [1.807, 2.05) is 6.92 Å². The molecule has 3 atom stereocenters. The van der Waals surface area contributed by atoms with Crippen LogP contribution in [0.4, 0.5) is 0 Å². The van der Waals surface area contributed by atoms with Crippen molar-refractivity contribution in [1.82, 2.24) is 4.90 Å². The molecule has 3 heteroatoms. The van der Waals surface area contributed by atoms with Crippen molar-refractivity contribution in [2.24, 2.45) is 0 Å². The van der Waals surface area contributed by atoms with Crippen LogP contribution in [0.3, 0.4) is 0 Å². The van der Waals surface area contributed by atoms with Gasteiger partial charge in [-0.2, -0.15) is 0 Å². The maximum absolute atomic E-state index is 9.54. The minimum absolute atomic E-state index is 0.240. The molecule has 13 heavy (non-hydrogen) atoms. The van der Waals surface area contributed by atoms with E-state index in [4.69, 9.17) is 5.11 Å². The average molecular weight is 187 g/mol. The minimum Gasteiger partial charge on any atom is -0.396 e. The predicted octanol–water partition coefficient (Wildman–Crippen LogP) is 0.602. The summed E-state index contributed by atoms with van der Waals surface area (Å²) in [6.07, 6.45) is 2.82. The van der Waals surface area contributed by atoms with Crippen LogP contribution < -0.4 is 0 Å². The molecule has 0 aromatic carbocycles. The molecule has 1 heterocycles. The molecular formula is C10H21NO2. The topological polar surface area (TPSA) is 43.7 Å². The SMILES string of the molecule is CC(O)C1CCCN1C(C)CCO. The summed E-state index contributed by atoms with van der Waals surface area (Å²) in [4.78, 5) is 2.32.